The molecule has 1 aliphatic heterocycles. The van der Waals surface area contributed by atoms with Gasteiger partial charge in [0.1, 0.15) is 5.76 Å². The summed E-state index contributed by atoms with van der Waals surface area (Å²) >= 11 is 6.05. The molecule has 1 N–H and O–H groups in total. The van der Waals surface area contributed by atoms with Crippen molar-refractivity contribution < 1.29 is 18.7 Å². The lowest BCUT2D eigenvalue weighted by Crippen LogP contribution is -2.17. The lowest BCUT2D eigenvalue weighted by molar-refractivity contribution is 0.0942. The van der Waals surface area contributed by atoms with Gasteiger partial charge in [-0.2, -0.15) is 5.10 Å². The number of fused-ring (bicyclic) bond motifs is 1. The van der Waals surface area contributed by atoms with Crippen molar-refractivity contribution in [1.29, 1.82) is 0 Å². The fourth-order valence-corrected chi connectivity index (χ4v) is 3.59. The quantitative estimate of drug-likeness (QED) is 0.633. The molecule has 3 heterocycles. The van der Waals surface area contributed by atoms with Crippen LogP contribution in [0.3, 0.4) is 0 Å². The number of rotatable bonds is 5. The number of benzene rings is 1. The van der Waals surface area contributed by atoms with E-state index in [-0.39, 0.29) is 12.6 Å². The summed E-state index contributed by atoms with van der Waals surface area (Å²) in [6, 6.07) is 11.1. The highest BCUT2D eigenvalue weighted by molar-refractivity contribution is 6.30. The van der Waals surface area contributed by atoms with Gasteiger partial charge in [-0.3, -0.25) is 4.68 Å². The number of carbonyl (C=O) groups excluding carboxylic acids is 1. The zero-order chi connectivity index (χ0) is 20.2. The van der Waals surface area contributed by atoms with Gasteiger partial charge in [0.2, 0.25) is 0 Å². The number of nitrogens with one attached hydrogen (secondary N) is 1. The predicted octanol–water partition coefficient (Wildman–Crippen LogP) is 4.07. The molecule has 0 amide bonds. The standard InChI is InChI=1S/C21H22ClN3O4/c1-2-27-21(26)29-19-8-7-16(28-19)13-25-18-10-12-23-11-9-17(18)20(24-25)14-3-5-15(22)6-4-14/h3-8,23H,2,9-13H2,1H3. The van der Waals surface area contributed by atoms with Crippen LogP contribution in [0.1, 0.15) is 23.9 Å². The van der Waals surface area contributed by atoms with Crippen LogP contribution in [0.4, 0.5) is 4.79 Å². The predicted molar refractivity (Wildman–Crippen MR) is 108 cm³/mol. The maximum atomic E-state index is 11.5. The first-order chi connectivity index (χ1) is 14.1. The lowest BCUT2D eigenvalue weighted by Gasteiger charge is -2.05. The van der Waals surface area contributed by atoms with Crippen LogP contribution < -0.4 is 10.1 Å². The molecule has 0 aliphatic carbocycles. The third kappa shape index (κ3) is 4.46. The van der Waals surface area contributed by atoms with Crippen LogP contribution in [0.5, 0.6) is 5.95 Å². The number of furan rings is 1. The van der Waals surface area contributed by atoms with Crippen LogP contribution in [0.25, 0.3) is 11.3 Å². The highest BCUT2D eigenvalue weighted by Crippen LogP contribution is 2.29. The zero-order valence-corrected chi connectivity index (χ0v) is 16.9. The number of nitrogens with zero attached hydrogens (tertiary/aromatic N) is 2. The Labute approximate surface area is 173 Å². The van der Waals surface area contributed by atoms with Crippen molar-refractivity contribution in [1.82, 2.24) is 15.1 Å². The van der Waals surface area contributed by atoms with E-state index in [0.717, 1.165) is 37.2 Å². The maximum absolute atomic E-state index is 11.5. The van der Waals surface area contributed by atoms with E-state index in [9.17, 15) is 4.79 Å². The van der Waals surface area contributed by atoms with Crippen molar-refractivity contribution in [2.75, 3.05) is 19.7 Å². The average molecular weight is 416 g/mol. The molecule has 1 aliphatic rings. The Morgan fingerprint density at radius 2 is 2.00 bits per heavy atom. The van der Waals surface area contributed by atoms with Gasteiger partial charge in [-0.1, -0.05) is 23.7 Å². The van der Waals surface area contributed by atoms with Crippen molar-refractivity contribution in [2.45, 2.75) is 26.3 Å². The Hall–Kier alpha value is -2.77. The normalized spacial score (nSPS) is 13.6. The fourth-order valence-electron chi connectivity index (χ4n) is 3.47. The second-order valence-corrected chi connectivity index (χ2v) is 7.13. The third-order valence-corrected chi connectivity index (χ3v) is 5.02. The number of carbonyl (C=O) groups is 1. The topological polar surface area (TPSA) is 78.5 Å². The summed E-state index contributed by atoms with van der Waals surface area (Å²) in [6.45, 7) is 4.21. The van der Waals surface area contributed by atoms with Crippen molar-refractivity contribution in [3.63, 3.8) is 0 Å². The Balaban J connectivity index is 1.61. The lowest BCUT2D eigenvalue weighted by atomic mass is 10.0. The summed E-state index contributed by atoms with van der Waals surface area (Å²) in [7, 11) is 0. The van der Waals surface area contributed by atoms with Gasteiger partial charge in [0.15, 0.2) is 0 Å². The molecule has 2 aromatic heterocycles. The molecule has 152 valence electrons. The van der Waals surface area contributed by atoms with E-state index >= 15 is 0 Å². The number of aromatic nitrogens is 2. The highest BCUT2D eigenvalue weighted by atomic mass is 35.5. The van der Waals surface area contributed by atoms with Gasteiger partial charge in [-0.25, -0.2) is 4.79 Å². The van der Waals surface area contributed by atoms with Crippen LogP contribution in [-0.2, 0) is 24.1 Å². The molecule has 3 aromatic rings. The minimum atomic E-state index is -0.780. The molecule has 29 heavy (non-hydrogen) atoms. The molecule has 0 bridgehead atoms. The summed E-state index contributed by atoms with van der Waals surface area (Å²) in [5.74, 6) is 0.755. The van der Waals surface area contributed by atoms with Gasteiger partial charge in [-0.15, -0.1) is 0 Å². The number of hydrogen-bond donors (Lipinski definition) is 1. The Morgan fingerprint density at radius 3 is 2.79 bits per heavy atom. The second-order valence-electron chi connectivity index (χ2n) is 6.69. The van der Waals surface area contributed by atoms with Crippen LogP contribution >= 0.6 is 11.6 Å². The molecule has 0 saturated heterocycles. The SMILES string of the molecule is CCOC(=O)Oc1ccc(Cn2nc(-c3ccc(Cl)cc3)c3c2CCNCC3)o1. The minimum absolute atomic E-state index is 0.108. The van der Waals surface area contributed by atoms with E-state index in [1.54, 1.807) is 19.1 Å². The first kappa shape index (κ1) is 19.5. The smallest absolute Gasteiger partial charge is 0.434 e. The molecule has 0 fully saturated rings. The van der Waals surface area contributed by atoms with Crippen LogP contribution in [-0.4, -0.2) is 35.6 Å². The van der Waals surface area contributed by atoms with Crippen molar-refractivity contribution >= 4 is 17.8 Å². The Kier molecular flexibility index (Phi) is 5.87. The molecule has 0 saturated carbocycles. The summed E-state index contributed by atoms with van der Waals surface area (Å²) in [5, 5.41) is 9.02. The largest absolute Gasteiger partial charge is 0.516 e. The average Bonchev–Trinajstić information content (AvgIpc) is 3.18. The van der Waals surface area contributed by atoms with Crippen LogP contribution in [0.15, 0.2) is 40.8 Å². The van der Waals surface area contributed by atoms with Crippen molar-refractivity contribution in [2.24, 2.45) is 0 Å². The molecule has 0 atom stereocenters. The van der Waals surface area contributed by atoms with Gasteiger partial charge in [0.25, 0.3) is 5.95 Å². The Morgan fingerprint density at radius 1 is 1.21 bits per heavy atom. The van der Waals surface area contributed by atoms with Crippen LogP contribution in [0.2, 0.25) is 5.02 Å². The van der Waals surface area contributed by atoms with Crippen molar-refractivity contribution in [3.8, 4) is 17.2 Å². The molecule has 0 radical (unpaired) electrons. The first-order valence-electron chi connectivity index (χ1n) is 9.62. The van der Waals surface area contributed by atoms with Gasteiger partial charge >= 0.3 is 6.16 Å². The summed E-state index contributed by atoms with van der Waals surface area (Å²) < 4.78 is 17.4. The van der Waals surface area contributed by atoms with Gasteiger partial charge < -0.3 is 19.2 Å². The van der Waals surface area contributed by atoms with Gasteiger partial charge in [-0.05, 0) is 38.1 Å². The van der Waals surface area contributed by atoms with Crippen LogP contribution in [0, 0.1) is 0 Å². The van der Waals surface area contributed by atoms with E-state index < -0.39 is 6.16 Å². The van der Waals surface area contributed by atoms with E-state index in [1.165, 1.54) is 11.3 Å². The third-order valence-electron chi connectivity index (χ3n) is 4.76. The number of halogens is 1. The monoisotopic (exact) mass is 415 g/mol. The molecule has 4 rings (SSSR count). The van der Waals surface area contributed by atoms with Gasteiger partial charge in [0.05, 0.1) is 18.8 Å². The minimum Gasteiger partial charge on any atom is -0.434 e. The number of ether oxygens (including phenoxy) is 2. The molecule has 1 aromatic carbocycles. The fraction of sp³-hybridized carbons (Fsp3) is 0.333. The second kappa shape index (κ2) is 8.71. The van der Waals surface area contributed by atoms with E-state index in [0.29, 0.717) is 17.3 Å². The maximum Gasteiger partial charge on any atom is 0.516 e. The molecular weight excluding hydrogens is 394 g/mol. The summed E-state index contributed by atoms with van der Waals surface area (Å²) in [6.07, 6.45) is 1.00. The highest BCUT2D eigenvalue weighted by Gasteiger charge is 2.21. The molecule has 7 nitrogen and oxygen atoms in total. The molecular formula is C21H22ClN3O4. The molecule has 8 heteroatoms. The number of hydrogen-bond acceptors (Lipinski definition) is 6. The summed E-state index contributed by atoms with van der Waals surface area (Å²) in [4.78, 5) is 11.5. The first-order valence-corrected chi connectivity index (χ1v) is 10.0. The van der Waals surface area contributed by atoms with E-state index in [2.05, 4.69) is 5.32 Å². The van der Waals surface area contributed by atoms with Gasteiger partial charge in [0, 0.05) is 40.9 Å². The molecule has 0 unspecified atom stereocenters. The van der Waals surface area contributed by atoms with Crippen molar-refractivity contribution in [3.05, 3.63) is 58.4 Å². The summed E-state index contributed by atoms with van der Waals surface area (Å²) in [5.41, 5.74) is 4.43. The Bertz CT molecular complexity index is 994. The zero-order valence-electron chi connectivity index (χ0n) is 16.1. The van der Waals surface area contributed by atoms with E-state index in [1.807, 2.05) is 28.9 Å². The molecule has 0 spiro atoms. The van der Waals surface area contributed by atoms with E-state index in [4.69, 9.17) is 30.6 Å².